The zero-order valence-corrected chi connectivity index (χ0v) is 16.9. The maximum absolute atomic E-state index is 13.0. The van der Waals surface area contributed by atoms with Gasteiger partial charge in [0, 0.05) is 24.0 Å². The zero-order chi connectivity index (χ0) is 21.2. The van der Waals surface area contributed by atoms with Gasteiger partial charge in [-0.05, 0) is 55.0 Å². The number of aromatic nitrogens is 3. The first-order chi connectivity index (χ1) is 15.2. The van der Waals surface area contributed by atoms with Crippen LogP contribution < -0.4 is 10.1 Å². The van der Waals surface area contributed by atoms with Crippen LogP contribution in [0.1, 0.15) is 21.6 Å². The lowest BCUT2D eigenvalue weighted by molar-refractivity contribution is 0.102. The van der Waals surface area contributed by atoms with Crippen LogP contribution >= 0.6 is 0 Å². The highest BCUT2D eigenvalue weighted by molar-refractivity contribution is 6.10. The minimum Gasteiger partial charge on any atom is -0.486 e. The molecule has 0 fully saturated rings. The second kappa shape index (κ2) is 7.91. The summed E-state index contributed by atoms with van der Waals surface area (Å²) in [7, 11) is 0. The monoisotopic (exact) mass is 408 g/mol. The van der Waals surface area contributed by atoms with Crippen molar-refractivity contribution in [3.8, 4) is 5.75 Å². The number of ether oxygens (including phenoxy) is 1. The van der Waals surface area contributed by atoms with Crippen molar-refractivity contribution < 1.29 is 9.53 Å². The number of aryl methyl sites for hydroxylation is 1. The van der Waals surface area contributed by atoms with Gasteiger partial charge in [-0.3, -0.25) is 9.78 Å². The summed E-state index contributed by atoms with van der Waals surface area (Å²) in [5.74, 6) is 0.268. The number of anilines is 1. The van der Waals surface area contributed by atoms with Crippen LogP contribution in [0.15, 0.2) is 85.3 Å². The summed E-state index contributed by atoms with van der Waals surface area (Å²) in [5.41, 5.74) is 4.79. The Morgan fingerprint density at radius 2 is 1.94 bits per heavy atom. The first-order valence-corrected chi connectivity index (χ1v) is 9.99. The van der Waals surface area contributed by atoms with E-state index in [0.717, 1.165) is 27.8 Å². The molecule has 6 heteroatoms. The summed E-state index contributed by atoms with van der Waals surface area (Å²) in [6, 6.07) is 20.7. The highest BCUT2D eigenvalue weighted by Gasteiger charge is 2.14. The molecule has 0 bridgehead atoms. The van der Waals surface area contributed by atoms with Crippen molar-refractivity contribution in [2.75, 3.05) is 5.32 Å². The number of imidazole rings is 1. The van der Waals surface area contributed by atoms with E-state index in [1.165, 1.54) is 0 Å². The predicted molar refractivity (Wildman–Crippen MR) is 120 cm³/mol. The Morgan fingerprint density at radius 1 is 1.03 bits per heavy atom. The highest BCUT2D eigenvalue weighted by atomic mass is 16.5. The van der Waals surface area contributed by atoms with E-state index in [-0.39, 0.29) is 12.5 Å². The molecular weight excluding hydrogens is 388 g/mol. The van der Waals surface area contributed by atoms with Crippen molar-refractivity contribution in [3.63, 3.8) is 0 Å². The van der Waals surface area contributed by atoms with Gasteiger partial charge in [-0.2, -0.15) is 0 Å². The largest absolute Gasteiger partial charge is 0.486 e. The number of rotatable bonds is 5. The van der Waals surface area contributed by atoms with Crippen LogP contribution in [-0.4, -0.2) is 20.3 Å². The molecule has 6 nitrogen and oxygen atoms in total. The van der Waals surface area contributed by atoms with Gasteiger partial charge in [-0.15, -0.1) is 0 Å². The molecule has 1 N–H and O–H groups in total. The quantitative estimate of drug-likeness (QED) is 0.443. The van der Waals surface area contributed by atoms with Crippen LogP contribution in [0.3, 0.4) is 0 Å². The number of para-hydroxylation sites is 1. The minimum atomic E-state index is -0.238. The van der Waals surface area contributed by atoms with Gasteiger partial charge in [0.15, 0.2) is 0 Å². The first kappa shape index (κ1) is 18.8. The first-order valence-electron chi connectivity index (χ1n) is 9.99. The van der Waals surface area contributed by atoms with Gasteiger partial charge in [0.25, 0.3) is 5.91 Å². The number of amides is 1. The number of nitrogens with one attached hydrogen (secondary N) is 1. The molecule has 152 valence electrons. The van der Waals surface area contributed by atoms with Gasteiger partial charge in [0.1, 0.15) is 18.0 Å². The van der Waals surface area contributed by atoms with E-state index in [0.29, 0.717) is 17.0 Å². The smallest absolute Gasteiger partial charge is 0.259 e. The SMILES string of the molecule is Cc1cccn2cc(COc3ccccc3C(=O)Nc3cccc4ncccc34)nc12. The third kappa shape index (κ3) is 3.71. The van der Waals surface area contributed by atoms with Crippen LogP contribution in [0.4, 0.5) is 5.69 Å². The van der Waals surface area contributed by atoms with Crippen LogP contribution in [-0.2, 0) is 6.61 Å². The Balaban J connectivity index is 1.38. The van der Waals surface area contributed by atoms with Crippen molar-refractivity contribution in [1.29, 1.82) is 0 Å². The number of pyridine rings is 2. The molecule has 5 aromatic rings. The standard InChI is InChI=1S/C25H20N4O2/c1-17-7-6-14-29-15-18(27-24(17)29)16-31-23-12-3-2-8-20(23)25(30)28-22-11-4-10-21-19(22)9-5-13-26-21/h2-15H,16H2,1H3,(H,28,30). The van der Waals surface area contributed by atoms with Gasteiger partial charge in [-0.25, -0.2) is 4.98 Å². The van der Waals surface area contributed by atoms with Gasteiger partial charge in [0.2, 0.25) is 0 Å². The molecule has 1 amide bonds. The predicted octanol–water partition coefficient (Wildman–Crippen LogP) is 5.02. The summed E-state index contributed by atoms with van der Waals surface area (Å²) in [4.78, 5) is 22.0. The van der Waals surface area contributed by atoms with Crippen LogP contribution in [0.5, 0.6) is 5.75 Å². The van der Waals surface area contributed by atoms with E-state index in [4.69, 9.17) is 4.74 Å². The molecule has 2 aromatic carbocycles. The van der Waals surface area contributed by atoms with Gasteiger partial charge >= 0.3 is 0 Å². The Labute approximate surface area is 179 Å². The molecule has 0 atom stereocenters. The molecule has 3 aromatic heterocycles. The van der Waals surface area contributed by atoms with E-state index in [9.17, 15) is 4.79 Å². The molecule has 31 heavy (non-hydrogen) atoms. The number of nitrogens with zero attached hydrogens (tertiary/aromatic N) is 3. The molecule has 3 heterocycles. The lowest BCUT2D eigenvalue weighted by Crippen LogP contribution is -2.14. The Bertz CT molecular complexity index is 1400. The summed E-state index contributed by atoms with van der Waals surface area (Å²) in [5, 5.41) is 3.88. The zero-order valence-electron chi connectivity index (χ0n) is 16.9. The Kier molecular flexibility index (Phi) is 4.80. The van der Waals surface area contributed by atoms with Gasteiger partial charge in [0.05, 0.1) is 22.5 Å². The van der Waals surface area contributed by atoms with Crippen molar-refractivity contribution in [2.45, 2.75) is 13.5 Å². The Hall–Kier alpha value is -4.19. The third-order valence-corrected chi connectivity index (χ3v) is 5.13. The molecule has 5 rings (SSSR count). The fourth-order valence-corrected chi connectivity index (χ4v) is 3.61. The number of hydrogen-bond acceptors (Lipinski definition) is 4. The van der Waals surface area contributed by atoms with E-state index in [1.54, 1.807) is 18.3 Å². The van der Waals surface area contributed by atoms with E-state index >= 15 is 0 Å². The second-order valence-corrected chi connectivity index (χ2v) is 7.27. The van der Waals surface area contributed by atoms with Crippen molar-refractivity contribution in [2.24, 2.45) is 0 Å². The molecule has 0 spiro atoms. The van der Waals surface area contributed by atoms with Gasteiger partial charge in [-0.1, -0.05) is 24.3 Å². The number of hydrogen-bond donors (Lipinski definition) is 1. The average Bonchev–Trinajstić information content (AvgIpc) is 3.23. The normalized spacial score (nSPS) is 11.0. The molecular formula is C25H20N4O2. The topological polar surface area (TPSA) is 68.5 Å². The van der Waals surface area contributed by atoms with E-state index in [2.05, 4.69) is 15.3 Å². The molecule has 0 aliphatic carbocycles. The number of carbonyl (C=O) groups excluding carboxylic acids is 1. The van der Waals surface area contributed by atoms with E-state index < -0.39 is 0 Å². The summed E-state index contributed by atoms with van der Waals surface area (Å²) >= 11 is 0. The fraction of sp³-hybridized carbons (Fsp3) is 0.0800. The number of carbonyl (C=O) groups is 1. The average molecular weight is 408 g/mol. The van der Waals surface area contributed by atoms with Gasteiger partial charge < -0.3 is 14.5 Å². The minimum absolute atomic E-state index is 0.238. The number of fused-ring (bicyclic) bond motifs is 2. The Morgan fingerprint density at radius 3 is 2.84 bits per heavy atom. The maximum atomic E-state index is 13.0. The highest BCUT2D eigenvalue weighted by Crippen LogP contribution is 2.25. The van der Waals surface area contributed by atoms with Crippen LogP contribution in [0.2, 0.25) is 0 Å². The summed E-state index contributed by atoms with van der Waals surface area (Å²) < 4.78 is 7.96. The number of benzene rings is 2. The molecule has 0 radical (unpaired) electrons. The van der Waals surface area contributed by atoms with Crippen molar-refractivity contribution >= 4 is 28.1 Å². The molecule has 0 aliphatic rings. The lowest BCUT2D eigenvalue weighted by Gasteiger charge is -2.12. The molecule has 0 aliphatic heterocycles. The van der Waals surface area contributed by atoms with Crippen molar-refractivity contribution in [1.82, 2.24) is 14.4 Å². The summed E-state index contributed by atoms with van der Waals surface area (Å²) in [6.07, 6.45) is 5.63. The molecule has 0 saturated heterocycles. The fourth-order valence-electron chi connectivity index (χ4n) is 3.61. The molecule has 0 saturated carbocycles. The maximum Gasteiger partial charge on any atom is 0.259 e. The van der Waals surface area contributed by atoms with Crippen molar-refractivity contribution in [3.05, 3.63) is 102 Å². The van der Waals surface area contributed by atoms with E-state index in [1.807, 2.05) is 78.3 Å². The van der Waals surface area contributed by atoms with Crippen LogP contribution in [0.25, 0.3) is 16.6 Å². The third-order valence-electron chi connectivity index (χ3n) is 5.13. The van der Waals surface area contributed by atoms with Crippen LogP contribution in [0, 0.1) is 6.92 Å². The molecule has 0 unspecified atom stereocenters. The lowest BCUT2D eigenvalue weighted by atomic mass is 10.1. The summed E-state index contributed by atoms with van der Waals surface area (Å²) in [6.45, 7) is 2.29. The second-order valence-electron chi connectivity index (χ2n) is 7.27.